The molecule has 4 N–H and O–H groups in total. The van der Waals surface area contributed by atoms with Crippen molar-refractivity contribution in [3.05, 3.63) is 59.3 Å². The molecular weight excluding hydrogens is 536 g/mol. The van der Waals surface area contributed by atoms with Crippen molar-refractivity contribution in [2.24, 2.45) is 5.16 Å². The number of thioether (sulfide) groups is 1. The second kappa shape index (κ2) is 11.4. The number of hydrogen-bond donors (Lipinski definition) is 3. The van der Waals surface area contributed by atoms with Crippen molar-refractivity contribution in [2.45, 2.75) is 18.0 Å². The molecule has 0 saturated carbocycles. The minimum atomic E-state index is -1.50. The summed E-state index contributed by atoms with van der Waals surface area (Å²) >= 11 is 2.16. The number of rotatable bonds is 9. The Balaban J connectivity index is 1.46. The summed E-state index contributed by atoms with van der Waals surface area (Å²) in [6.07, 6.45) is 6.80. The van der Waals surface area contributed by atoms with E-state index >= 15 is 0 Å². The van der Waals surface area contributed by atoms with Crippen molar-refractivity contribution in [2.75, 3.05) is 25.6 Å². The summed E-state index contributed by atoms with van der Waals surface area (Å²) in [6.45, 7) is 0.398. The molecule has 16 heteroatoms. The number of aromatic nitrogens is 3. The van der Waals surface area contributed by atoms with Crippen molar-refractivity contribution in [1.82, 2.24) is 24.9 Å². The number of anilines is 1. The van der Waals surface area contributed by atoms with Crippen LogP contribution < -0.4 is 26.0 Å². The molecule has 0 spiro atoms. The molecular formula is C22H22N8O6S2. The highest BCUT2D eigenvalue weighted by Gasteiger charge is 2.53. The Labute approximate surface area is 224 Å². The van der Waals surface area contributed by atoms with Gasteiger partial charge in [-0.2, -0.15) is 9.36 Å². The van der Waals surface area contributed by atoms with Gasteiger partial charge in [0.25, 0.3) is 17.7 Å². The molecule has 1 saturated heterocycles. The third-order valence-corrected chi connectivity index (χ3v) is 7.39. The Kier molecular flexibility index (Phi) is 8.02. The molecule has 0 radical (unpaired) electrons. The number of nitrogen functional groups attached to an aromatic ring is 1. The quantitative estimate of drug-likeness (QED) is 0.131. The second-order valence-corrected chi connectivity index (χ2v) is 9.75. The predicted octanol–water partition coefficient (Wildman–Crippen LogP) is -2.22. The van der Waals surface area contributed by atoms with Gasteiger partial charge in [-0.1, -0.05) is 11.2 Å². The number of aliphatic carboxylic acids is 1. The van der Waals surface area contributed by atoms with E-state index in [0.717, 1.165) is 16.4 Å². The monoisotopic (exact) mass is 558 g/mol. The van der Waals surface area contributed by atoms with E-state index in [-0.39, 0.29) is 34.0 Å². The molecule has 3 amide bonds. The number of carbonyl (C=O) groups excluding carboxylic acids is 4. The van der Waals surface area contributed by atoms with Crippen molar-refractivity contribution in [3.63, 3.8) is 0 Å². The van der Waals surface area contributed by atoms with E-state index in [4.69, 9.17) is 10.6 Å². The number of hydrogen-bond acceptors (Lipinski definition) is 12. The van der Waals surface area contributed by atoms with Crippen LogP contribution in [0.4, 0.5) is 5.13 Å². The number of carboxylic acids is 1. The number of carbonyl (C=O) groups is 4. The molecule has 1 fully saturated rings. The highest BCUT2D eigenvalue weighted by Crippen LogP contribution is 2.40. The molecule has 198 valence electrons. The van der Waals surface area contributed by atoms with Crippen LogP contribution in [0.15, 0.2) is 53.1 Å². The standard InChI is InChI=1S/C22H22N8O6S2/c1-24-17(31)11-5-8-29(9-6-11)7-3-4-12-10-37-20-14(19(33)30(20)15(12)21(34)35)25-18(32)13(27-36-2)16-26-22(23)38-28-16/h3-6,8-9,14,20H,7,10H2,1-2H3,(H4-,23,24,25,26,28,31,32,34,35)/t14?,20-/m1/s1. The number of carboxylic acid groups (broad SMARTS) is 1. The Morgan fingerprint density at radius 2 is 2.11 bits per heavy atom. The Morgan fingerprint density at radius 1 is 1.37 bits per heavy atom. The number of β-lactam (4-membered cyclic amide) rings is 1. The number of nitrogens with zero attached hydrogens (tertiary/aromatic N) is 5. The van der Waals surface area contributed by atoms with Gasteiger partial charge in [-0.15, -0.1) is 11.8 Å². The average Bonchev–Trinajstić information content (AvgIpc) is 3.35. The van der Waals surface area contributed by atoms with E-state index in [0.29, 0.717) is 17.7 Å². The highest BCUT2D eigenvalue weighted by molar-refractivity contribution is 8.00. The molecule has 2 atom stereocenters. The summed E-state index contributed by atoms with van der Waals surface area (Å²) in [4.78, 5) is 59.1. The normalized spacial score (nSPS) is 19.2. The summed E-state index contributed by atoms with van der Waals surface area (Å²) in [6, 6.07) is 2.32. The largest absolute Gasteiger partial charge is 0.543 e. The van der Waals surface area contributed by atoms with E-state index in [1.54, 1.807) is 48.3 Å². The zero-order valence-corrected chi connectivity index (χ0v) is 21.7. The highest BCUT2D eigenvalue weighted by atomic mass is 32.2. The first-order chi connectivity index (χ1) is 18.2. The van der Waals surface area contributed by atoms with Gasteiger partial charge in [0.15, 0.2) is 24.1 Å². The first kappa shape index (κ1) is 26.7. The smallest absolute Gasteiger partial charge is 0.278 e. The van der Waals surface area contributed by atoms with Crippen LogP contribution in [-0.4, -0.2) is 75.0 Å². The van der Waals surface area contributed by atoms with E-state index in [9.17, 15) is 24.3 Å². The van der Waals surface area contributed by atoms with Crippen LogP contribution in [0.5, 0.6) is 0 Å². The third-order valence-electron chi connectivity index (χ3n) is 5.54. The van der Waals surface area contributed by atoms with Crippen molar-refractivity contribution >= 4 is 57.8 Å². The average molecular weight is 559 g/mol. The van der Waals surface area contributed by atoms with Crippen LogP contribution in [0.1, 0.15) is 16.2 Å². The van der Waals surface area contributed by atoms with E-state index in [1.807, 2.05) is 0 Å². The SMILES string of the molecule is CNC(=O)c1cc[n+](CC=CC2=C(C(=O)[O-])N3C(=O)C(NC(=O)C(=NOC)c4nsc(N)n4)[C@H]3SC2)cc1. The molecule has 0 bridgehead atoms. The third kappa shape index (κ3) is 5.35. The second-order valence-electron chi connectivity index (χ2n) is 7.87. The van der Waals surface area contributed by atoms with Crippen LogP contribution in [0.3, 0.4) is 0 Å². The molecule has 2 aromatic rings. The van der Waals surface area contributed by atoms with Gasteiger partial charge in [0.05, 0.1) is 17.2 Å². The maximum atomic E-state index is 12.9. The van der Waals surface area contributed by atoms with E-state index < -0.39 is 29.2 Å². The van der Waals surface area contributed by atoms with Crippen LogP contribution in [0.25, 0.3) is 0 Å². The summed E-state index contributed by atoms with van der Waals surface area (Å²) in [5.74, 6) is -2.88. The van der Waals surface area contributed by atoms with Crippen molar-refractivity contribution < 1.29 is 33.7 Å². The molecule has 4 rings (SSSR count). The first-order valence-electron chi connectivity index (χ1n) is 11.0. The van der Waals surface area contributed by atoms with Gasteiger partial charge in [-0.3, -0.25) is 19.3 Å². The number of amides is 3. The molecule has 2 aromatic heterocycles. The summed E-state index contributed by atoms with van der Waals surface area (Å²) < 4.78 is 5.73. The van der Waals surface area contributed by atoms with Crippen molar-refractivity contribution in [3.8, 4) is 0 Å². The predicted molar refractivity (Wildman–Crippen MR) is 134 cm³/mol. The lowest BCUT2D eigenvalue weighted by atomic mass is 10.0. The van der Waals surface area contributed by atoms with E-state index in [1.165, 1.54) is 18.9 Å². The van der Waals surface area contributed by atoms with E-state index in [2.05, 4.69) is 25.1 Å². The molecule has 0 aromatic carbocycles. The van der Waals surface area contributed by atoms with Gasteiger partial charge in [0.1, 0.15) is 18.5 Å². The maximum Gasteiger partial charge on any atom is 0.278 e. The molecule has 0 aliphatic carbocycles. The Morgan fingerprint density at radius 3 is 2.71 bits per heavy atom. The zero-order valence-electron chi connectivity index (χ0n) is 20.1. The Hall–Kier alpha value is -4.31. The maximum absolute atomic E-state index is 12.9. The molecule has 38 heavy (non-hydrogen) atoms. The number of fused-ring (bicyclic) bond motifs is 1. The van der Waals surface area contributed by atoms with Gasteiger partial charge in [-0.05, 0) is 11.6 Å². The number of nitrogens with one attached hydrogen (secondary N) is 2. The van der Waals surface area contributed by atoms with Crippen LogP contribution in [0.2, 0.25) is 0 Å². The fourth-order valence-electron chi connectivity index (χ4n) is 3.77. The summed E-state index contributed by atoms with van der Waals surface area (Å²) in [5, 5.41) is 20.2. The topological polar surface area (TPSA) is 196 Å². The summed E-state index contributed by atoms with van der Waals surface area (Å²) in [5.41, 5.74) is 5.96. The molecule has 4 heterocycles. The van der Waals surface area contributed by atoms with Gasteiger partial charge in [0.2, 0.25) is 11.5 Å². The van der Waals surface area contributed by atoms with Gasteiger partial charge in [0, 0.05) is 36.5 Å². The lowest BCUT2D eigenvalue weighted by molar-refractivity contribution is -0.687. The lowest BCUT2D eigenvalue weighted by Crippen LogP contribution is -2.71. The minimum absolute atomic E-state index is 0.0596. The zero-order chi connectivity index (χ0) is 27.4. The van der Waals surface area contributed by atoms with Gasteiger partial charge >= 0.3 is 0 Å². The first-order valence-corrected chi connectivity index (χ1v) is 12.9. The number of allylic oxidation sites excluding steroid dienone is 2. The van der Waals surface area contributed by atoms with Gasteiger partial charge in [-0.25, -0.2) is 4.57 Å². The Bertz CT molecular complexity index is 1370. The molecule has 14 nitrogen and oxygen atoms in total. The molecule has 2 aliphatic rings. The molecule has 2 aliphatic heterocycles. The minimum Gasteiger partial charge on any atom is -0.543 e. The van der Waals surface area contributed by atoms with Crippen molar-refractivity contribution in [1.29, 1.82) is 0 Å². The molecule has 1 unspecified atom stereocenters. The van der Waals surface area contributed by atoms with Gasteiger partial charge < -0.3 is 31.1 Å². The van der Waals surface area contributed by atoms with Crippen LogP contribution in [0, 0.1) is 0 Å². The fourth-order valence-corrected chi connectivity index (χ4v) is 5.52. The lowest BCUT2D eigenvalue weighted by Gasteiger charge is -2.50. The summed E-state index contributed by atoms with van der Waals surface area (Å²) in [7, 11) is 2.78. The number of oxime groups is 1. The van der Waals surface area contributed by atoms with Crippen LogP contribution in [-0.2, 0) is 25.8 Å². The number of nitrogens with two attached hydrogens (primary N) is 1. The fraction of sp³-hybridized carbons (Fsp3) is 0.273. The van der Waals surface area contributed by atoms with Crippen LogP contribution >= 0.6 is 23.3 Å². The number of pyridine rings is 1.